The first kappa shape index (κ1) is 17.3. The summed E-state index contributed by atoms with van der Waals surface area (Å²) in [6.07, 6.45) is 0. The molecular formula is C16H21ClN2O2. The molecule has 1 aromatic heterocycles. The molecule has 0 aliphatic heterocycles. The van der Waals surface area contributed by atoms with Crippen LogP contribution in [0.4, 0.5) is 5.69 Å². The number of amides is 1. The first-order valence-corrected chi connectivity index (χ1v) is 6.78. The quantitative estimate of drug-likeness (QED) is 0.886. The lowest BCUT2D eigenvalue weighted by Crippen LogP contribution is -2.17. The zero-order chi connectivity index (χ0) is 14.5. The minimum Gasteiger partial charge on any atom is -0.456 e. The van der Waals surface area contributed by atoms with Gasteiger partial charge in [0.2, 0.25) is 0 Å². The topological polar surface area (TPSA) is 54.3 Å². The molecule has 114 valence electrons. The smallest absolute Gasteiger partial charge is 0.291 e. The fraction of sp³-hybridized carbons (Fsp3) is 0.312. The van der Waals surface area contributed by atoms with E-state index in [0.29, 0.717) is 5.76 Å². The van der Waals surface area contributed by atoms with E-state index in [0.717, 1.165) is 35.7 Å². The van der Waals surface area contributed by atoms with Crippen LogP contribution < -0.4 is 10.6 Å². The number of rotatable bonds is 5. The van der Waals surface area contributed by atoms with E-state index in [4.69, 9.17) is 4.42 Å². The van der Waals surface area contributed by atoms with E-state index < -0.39 is 0 Å². The van der Waals surface area contributed by atoms with Crippen molar-refractivity contribution in [2.75, 3.05) is 11.9 Å². The number of hydrogen-bond donors (Lipinski definition) is 2. The van der Waals surface area contributed by atoms with E-state index in [1.165, 1.54) is 0 Å². The van der Waals surface area contributed by atoms with Gasteiger partial charge >= 0.3 is 0 Å². The maximum atomic E-state index is 12.2. The number of anilines is 1. The minimum absolute atomic E-state index is 0. The Balaban J connectivity index is 0.00000220. The summed E-state index contributed by atoms with van der Waals surface area (Å²) in [6.45, 7) is 7.37. The Morgan fingerprint density at radius 3 is 2.57 bits per heavy atom. The molecule has 2 aromatic rings. The molecule has 0 saturated carbocycles. The van der Waals surface area contributed by atoms with Gasteiger partial charge in [0.25, 0.3) is 5.91 Å². The van der Waals surface area contributed by atoms with Gasteiger partial charge in [0.05, 0.1) is 0 Å². The molecule has 0 radical (unpaired) electrons. The number of hydrogen-bond acceptors (Lipinski definition) is 3. The lowest BCUT2D eigenvalue weighted by Gasteiger charge is -2.10. The predicted molar refractivity (Wildman–Crippen MR) is 87.2 cm³/mol. The number of benzene rings is 1. The third-order valence-corrected chi connectivity index (χ3v) is 3.08. The second-order valence-corrected chi connectivity index (χ2v) is 4.76. The molecule has 0 saturated heterocycles. The fourth-order valence-corrected chi connectivity index (χ4v) is 2.10. The highest BCUT2D eigenvalue weighted by atomic mass is 35.5. The maximum absolute atomic E-state index is 12.2. The van der Waals surface area contributed by atoms with Crippen LogP contribution in [-0.2, 0) is 6.54 Å². The molecule has 1 amide bonds. The Hall–Kier alpha value is -1.78. The zero-order valence-electron chi connectivity index (χ0n) is 12.5. The van der Waals surface area contributed by atoms with Crippen molar-refractivity contribution in [2.45, 2.75) is 27.3 Å². The van der Waals surface area contributed by atoms with Crippen molar-refractivity contribution in [1.82, 2.24) is 5.32 Å². The minimum atomic E-state index is -0.209. The number of nitrogens with one attached hydrogen (secondary N) is 2. The average molecular weight is 309 g/mol. The molecule has 0 atom stereocenters. The van der Waals surface area contributed by atoms with Gasteiger partial charge in [0, 0.05) is 17.8 Å². The van der Waals surface area contributed by atoms with Crippen molar-refractivity contribution in [2.24, 2.45) is 0 Å². The molecule has 5 heteroatoms. The van der Waals surface area contributed by atoms with E-state index in [2.05, 4.69) is 17.6 Å². The van der Waals surface area contributed by atoms with Crippen LogP contribution >= 0.6 is 12.4 Å². The van der Waals surface area contributed by atoms with Crippen LogP contribution in [0, 0.1) is 13.8 Å². The van der Waals surface area contributed by atoms with Crippen molar-refractivity contribution in [1.29, 1.82) is 0 Å². The molecule has 0 aliphatic carbocycles. The van der Waals surface area contributed by atoms with Gasteiger partial charge < -0.3 is 15.1 Å². The van der Waals surface area contributed by atoms with E-state index in [1.54, 1.807) is 0 Å². The van der Waals surface area contributed by atoms with Crippen LogP contribution in [0.3, 0.4) is 0 Å². The SMILES string of the molecule is CCNCc1ccccc1NC(=O)c1oc(C)cc1C.Cl. The summed E-state index contributed by atoms with van der Waals surface area (Å²) in [6, 6.07) is 9.63. The third kappa shape index (κ3) is 4.34. The molecule has 0 bridgehead atoms. The van der Waals surface area contributed by atoms with Gasteiger partial charge in [0.1, 0.15) is 5.76 Å². The van der Waals surface area contributed by atoms with Crippen molar-refractivity contribution in [3.8, 4) is 0 Å². The van der Waals surface area contributed by atoms with E-state index >= 15 is 0 Å². The van der Waals surface area contributed by atoms with Crippen LogP contribution in [0.1, 0.15) is 34.4 Å². The molecule has 4 nitrogen and oxygen atoms in total. The highest BCUT2D eigenvalue weighted by molar-refractivity contribution is 6.03. The van der Waals surface area contributed by atoms with Crippen molar-refractivity contribution in [3.63, 3.8) is 0 Å². The van der Waals surface area contributed by atoms with Crippen molar-refractivity contribution >= 4 is 24.0 Å². The summed E-state index contributed by atoms with van der Waals surface area (Å²) < 4.78 is 5.44. The summed E-state index contributed by atoms with van der Waals surface area (Å²) in [5.74, 6) is 0.911. The van der Waals surface area contributed by atoms with Gasteiger partial charge in [-0.15, -0.1) is 12.4 Å². The molecule has 2 rings (SSSR count). The second kappa shape index (κ2) is 7.86. The summed E-state index contributed by atoms with van der Waals surface area (Å²) in [4.78, 5) is 12.2. The highest BCUT2D eigenvalue weighted by Gasteiger charge is 2.15. The van der Waals surface area contributed by atoms with E-state index in [1.807, 2.05) is 44.2 Å². The zero-order valence-corrected chi connectivity index (χ0v) is 13.3. The maximum Gasteiger partial charge on any atom is 0.291 e. The van der Waals surface area contributed by atoms with Crippen molar-refractivity contribution < 1.29 is 9.21 Å². The molecule has 0 spiro atoms. The highest BCUT2D eigenvalue weighted by Crippen LogP contribution is 2.19. The fourth-order valence-electron chi connectivity index (χ4n) is 2.10. The number of furan rings is 1. The van der Waals surface area contributed by atoms with E-state index in [-0.39, 0.29) is 18.3 Å². The Kier molecular flexibility index (Phi) is 6.46. The third-order valence-electron chi connectivity index (χ3n) is 3.08. The summed E-state index contributed by atoms with van der Waals surface area (Å²) >= 11 is 0. The first-order chi connectivity index (χ1) is 9.61. The van der Waals surface area contributed by atoms with Crippen LogP contribution in [0.2, 0.25) is 0 Å². The summed E-state index contributed by atoms with van der Waals surface area (Å²) in [5, 5.41) is 6.18. The molecule has 0 unspecified atom stereocenters. The van der Waals surface area contributed by atoms with Gasteiger partial charge in [0.15, 0.2) is 5.76 Å². The normalized spacial score (nSPS) is 10.0. The Morgan fingerprint density at radius 1 is 1.24 bits per heavy atom. The van der Waals surface area contributed by atoms with Crippen LogP contribution in [-0.4, -0.2) is 12.5 Å². The lowest BCUT2D eigenvalue weighted by atomic mass is 10.1. The molecule has 21 heavy (non-hydrogen) atoms. The van der Waals surface area contributed by atoms with Gasteiger partial charge in [-0.2, -0.15) is 0 Å². The molecular weight excluding hydrogens is 288 g/mol. The van der Waals surface area contributed by atoms with Gasteiger partial charge in [-0.25, -0.2) is 0 Å². The Bertz CT molecular complexity index is 608. The Labute approximate surface area is 131 Å². The van der Waals surface area contributed by atoms with E-state index in [9.17, 15) is 4.79 Å². The number of carbonyl (C=O) groups is 1. The molecule has 2 N–H and O–H groups in total. The summed E-state index contributed by atoms with van der Waals surface area (Å²) in [7, 11) is 0. The Morgan fingerprint density at radius 2 is 1.95 bits per heavy atom. The van der Waals surface area contributed by atoms with Gasteiger partial charge in [-0.3, -0.25) is 4.79 Å². The number of aryl methyl sites for hydroxylation is 2. The standard InChI is InChI=1S/C16H20N2O2.ClH/c1-4-17-10-13-7-5-6-8-14(13)18-16(19)15-11(2)9-12(3)20-15;/h5-9,17H,4,10H2,1-3H3,(H,18,19);1H. The van der Waals surface area contributed by atoms with Crippen LogP contribution in [0.25, 0.3) is 0 Å². The number of carbonyl (C=O) groups excluding carboxylic acids is 1. The number of halogens is 1. The van der Waals surface area contributed by atoms with Crippen LogP contribution in [0.5, 0.6) is 0 Å². The largest absolute Gasteiger partial charge is 0.456 e. The molecule has 0 aliphatic rings. The lowest BCUT2D eigenvalue weighted by molar-refractivity contribution is 0.0994. The average Bonchev–Trinajstić information content (AvgIpc) is 2.77. The van der Waals surface area contributed by atoms with Crippen LogP contribution in [0.15, 0.2) is 34.7 Å². The van der Waals surface area contributed by atoms with Crippen molar-refractivity contribution in [3.05, 3.63) is 53.0 Å². The van der Waals surface area contributed by atoms with Gasteiger partial charge in [-0.05, 0) is 38.1 Å². The number of para-hydroxylation sites is 1. The monoisotopic (exact) mass is 308 g/mol. The molecule has 1 aromatic carbocycles. The second-order valence-electron chi connectivity index (χ2n) is 4.76. The summed E-state index contributed by atoms with van der Waals surface area (Å²) in [5.41, 5.74) is 2.72. The molecule has 0 fully saturated rings. The predicted octanol–water partition coefficient (Wildman–Crippen LogP) is 3.68. The van der Waals surface area contributed by atoms with Gasteiger partial charge in [-0.1, -0.05) is 25.1 Å². The molecule has 1 heterocycles. The first-order valence-electron chi connectivity index (χ1n) is 6.78.